The minimum Gasteiger partial charge on any atom is -0.399 e. The van der Waals surface area contributed by atoms with Crippen molar-refractivity contribution >= 4 is 17.7 Å². The molecule has 0 unspecified atom stereocenters. The summed E-state index contributed by atoms with van der Waals surface area (Å²) in [5.41, 5.74) is 8.63. The molecule has 0 atom stereocenters. The molecule has 3 nitrogen and oxygen atoms in total. The lowest BCUT2D eigenvalue weighted by Gasteiger charge is -2.19. The molecule has 0 bridgehead atoms. The van der Waals surface area contributed by atoms with Gasteiger partial charge in [-0.1, -0.05) is 6.07 Å². The molecular formula is C9H11N3. The Bertz CT molecular complexity index is 331. The summed E-state index contributed by atoms with van der Waals surface area (Å²) < 4.78 is 0. The minimum atomic E-state index is 0.774. The third-order valence-corrected chi connectivity index (χ3v) is 1.92. The van der Waals surface area contributed by atoms with Crippen molar-refractivity contribution in [3.8, 4) is 0 Å². The fourth-order valence-electron chi connectivity index (χ4n) is 1.31. The van der Waals surface area contributed by atoms with Crippen LogP contribution in [-0.4, -0.2) is 18.3 Å². The highest BCUT2D eigenvalue weighted by molar-refractivity contribution is 5.68. The lowest BCUT2D eigenvalue weighted by atomic mass is 10.1. The molecule has 0 saturated heterocycles. The number of hydrogen-bond acceptors (Lipinski definition) is 3. The lowest BCUT2D eigenvalue weighted by Crippen LogP contribution is -2.18. The molecule has 0 aliphatic carbocycles. The Labute approximate surface area is 71.5 Å². The van der Waals surface area contributed by atoms with Crippen LogP contribution in [0, 0.1) is 0 Å². The molecule has 1 heterocycles. The van der Waals surface area contributed by atoms with Gasteiger partial charge in [-0.3, -0.25) is 0 Å². The molecular weight excluding hydrogens is 150 g/mol. The monoisotopic (exact) mass is 161 g/mol. The van der Waals surface area contributed by atoms with E-state index in [4.69, 9.17) is 5.73 Å². The summed E-state index contributed by atoms with van der Waals surface area (Å²) >= 11 is 0. The topological polar surface area (TPSA) is 41.6 Å². The fourth-order valence-corrected chi connectivity index (χ4v) is 1.31. The Balaban J connectivity index is 2.47. The Morgan fingerprint density at radius 3 is 3.17 bits per heavy atom. The number of aliphatic imine (C=N–C) groups is 1. The van der Waals surface area contributed by atoms with E-state index < -0.39 is 0 Å². The van der Waals surface area contributed by atoms with E-state index in [2.05, 4.69) is 4.99 Å². The lowest BCUT2D eigenvalue weighted by molar-refractivity contribution is 0.509. The average Bonchev–Trinajstić information content (AvgIpc) is 2.05. The normalized spacial score (nSPS) is 14.6. The molecule has 0 fully saturated rings. The fraction of sp³-hybridized carbons (Fsp3) is 0.222. The highest BCUT2D eigenvalue weighted by Gasteiger charge is 2.07. The Hall–Kier alpha value is -1.51. The molecule has 2 N–H and O–H groups in total. The predicted molar refractivity (Wildman–Crippen MR) is 50.5 cm³/mol. The van der Waals surface area contributed by atoms with Gasteiger partial charge < -0.3 is 10.6 Å². The van der Waals surface area contributed by atoms with Crippen molar-refractivity contribution in [1.82, 2.24) is 4.90 Å². The number of nitrogen functional groups attached to an aromatic ring is 1. The van der Waals surface area contributed by atoms with E-state index in [1.165, 1.54) is 5.56 Å². The zero-order valence-corrected chi connectivity index (χ0v) is 6.99. The summed E-state index contributed by atoms with van der Waals surface area (Å²) in [5.74, 6) is 0. The highest BCUT2D eigenvalue weighted by Crippen LogP contribution is 2.25. The largest absolute Gasteiger partial charge is 0.399 e. The van der Waals surface area contributed by atoms with E-state index in [-0.39, 0.29) is 0 Å². The second-order valence-corrected chi connectivity index (χ2v) is 3.05. The number of rotatable bonds is 0. The van der Waals surface area contributed by atoms with E-state index in [1.54, 1.807) is 0 Å². The van der Waals surface area contributed by atoms with Gasteiger partial charge in [0.2, 0.25) is 0 Å². The molecule has 2 rings (SSSR count). The minimum absolute atomic E-state index is 0.774. The molecule has 1 aliphatic heterocycles. The van der Waals surface area contributed by atoms with E-state index in [9.17, 15) is 0 Å². The Kier molecular flexibility index (Phi) is 1.50. The molecule has 3 heteroatoms. The molecule has 0 amide bonds. The third-order valence-electron chi connectivity index (χ3n) is 1.92. The maximum Gasteiger partial charge on any atom is 0.0912 e. The van der Waals surface area contributed by atoms with Crippen LogP contribution >= 0.6 is 0 Å². The van der Waals surface area contributed by atoms with Crippen LogP contribution in [-0.2, 0) is 6.54 Å². The summed E-state index contributed by atoms with van der Waals surface area (Å²) in [6.45, 7) is 0.916. The van der Waals surface area contributed by atoms with Crippen molar-refractivity contribution in [1.29, 1.82) is 0 Å². The van der Waals surface area contributed by atoms with E-state index in [1.807, 2.05) is 36.5 Å². The Morgan fingerprint density at radius 2 is 2.33 bits per heavy atom. The van der Waals surface area contributed by atoms with Gasteiger partial charge in [0.25, 0.3) is 0 Å². The first-order valence-electron chi connectivity index (χ1n) is 3.88. The van der Waals surface area contributed by atoms with Crippen LogP contribution in [0.25, 0.3) is 0 Å². The highest BCUT2D eigenvalue weighted by atomic mass is 15.1. The van der Waals surface area contributed by atoms with Crippen molar-refractivity contribution in [3.05, 3.63) is 23.8 Å². The molecule has 1 aromatic carbocycles. The maximum atomic E-state index is 5.63. The second-order valence-electron chi connectivity index (χ2n) is 3.05. The van der Waals surface area contributed by atoms with Gasteiger partial charge in [0, 0.05) is 19.3 Å². The summed E-state index contributed by atoms with van der Waals surface area (Å²) in [5, 5.41) is 0. The molecule has 12 heavy (non-hydrogen) atoms. The maximum absolute atomic E-state index is 5.63. The van der Waals surface area contributed by atoms with Crippen LogP contribution < -0.4 is 5.73 Å². The van der Waals surface area contributed by atoms with Gasteiger partial charge in [0.1, 0.15) is 0 Å². The molecule has 0 aromatic heterocycles. The number of nitrogens with zero attached hydrogens (tertiary/aromatic N) is 2. The van der Waals surface area contributed by atoms with Crippen LogP contribution in [0.3, 0.4) is 0 Å². The van der Waals surface area contributed by atoms with Crippen molar-refractivity contribution in [2.45, 2.75) is 6.54 Å². The van der Waals surface area contributed by atoms with Crippen molar-refractivity contribution in [2.24, 2.45) is 4.99 Å². The zero-order chi connectivity index (χ0) is 8.55. The summed E-state index contributed by atoms with van der Waals surface area (Å²) in [6.07, 6.45) is 1.82. The average molecular weight is 161 g/mol. The third kappa shape index (κ3) is 1.13. The SMILES string of the molecule is CN1C=Nc2cc(N)ccc2C1. The second kappa shape index (κ2) is 2.52. The number of fused-ring (bicyclic) bond motifs is 1. The van der Waals surface area contributed by atoms with Crippen molar-refractivity contribution < 1.29 is 0 Å². The number of hydrogen-bond donors (Lipinski definition) is 1. The number of anilines is 1. The number of benzene rings is 1. The van der Waals surface area contributed by atoms with Gasteiger partial charge in [-0.25, -0.2) is 4.99 Å². The van der Waals surface area contributed by atoms with Crippen molar-refractivity contribution in [3.63, 3.8) is 0 Å². The molecule has 0 spiro atoms. The standard InChI is InChI=1S/C9H11N3/c1-12-5-7-2-3-8(10)4-9(7)11-6-12/h2-4,6H,5,10H2,1H3. The summed E-state index contributed by atoms with van der Waals surface area (Å²) in [7, 11) is 2.00. The van der Waals surface area contributed by atoms with Gasteiger partial charge in [0.15, 0.2) is 0 Å². The van der Waals surface area contributed by atoms with Crippen LogP contribution in [0.1, 0.15) is 5.56 Å². The predicted octanol–water partition coefficient (Wildman–Crippen LogP) is 1.37. The first-order chi connectivity index (χ1) is 5.75. The Morgan fingerprint density at radius 1 is 1.50 bits per heavy atom. The van der Waals surface area contributed by atoms with Crippen LogP contribution in [0.4, 0.5) is 11.4 Å². The van der Waals surface area contributed by atoms with Gasteiger partial charge >= 0.3 is 0 Å². The first-order valence-corrected chi connectivity index (χ1v) is 3.88. The number of nitrogens with two attached hydrogens (primary N) is 1. The zero-order valence-electron chi connectivity index (χ0n) is 6.99. The molecule has 0 radical (unpaired) electrons. The molecule has 1 aromatic rings. The molecule has 1 aliphatic rings. The van der Waals surface area contributed by atoms with Crippen molar-refractivity contribution in [2.75, 3.05) is 12.8 Å². The summed E-state index contributed by atoms with van der Waals surface area (Å²) in [4.78, 5) is 6.30. The van der Waals surface area contributed by atoms with Crippen LogP contribution in [0.5, 0.6) is 0 Å². The van der Waals surface area contributed by atoms with Gasteiger partial charge in [0.05, 0.1) is 12.0 Å². The summed E-state index contributed by atoms with van der Waals surface area (Å²) in [6, 6.07) is 5.84. The smallest absolute Gasteiger partial charge is 0.0912 e. The van der Waals surface area contributed by atoms with Gasteiger partial charge in [-0.2, -0.15) is 0 Å². The van der Waals surface area contributed by atoms with Crippen LogP contribution in [0.15, 0.2) is 23.2 Å². The van der Waals surface area contributed by atoms with Gasteiger partial charge in [-0.05, 0) is 17.7 Å². The van der Waals surface area contributed by atoms with Crippen LogP contribution in [0.2, 0.25) is 0 Å². The molecule has 62 valence electrons. The molecule has 0 saturated carbocycles. The van der Waals surface area contributed by atoms with Gasteiger partial charge in [-0.15, -0.1) is 0 Å². The van der Waals surface area contributed by atoms with E-state index in [0.717, 1.165) is 17.9 Å². The van der Waals surface area contributed by atoms with E-state index >= 15 is 0 Å². The van der Waals surface area contributed by atoms with E-state index in [0.29, 0.717) is 0 Å². The first kappa shape index (κ1) is 7.16. The quantitative estimate of drug-likeness (QED) is 0.584.